The van der Waals surface area contributed by atoms with Crippen LogP contribution in [0.3, 0.4) is 0 Å². The summed E-state index contributed by atoms with van der Waals surface area (Å²) in [4.78, 5) is 10.5. The topological polar surface area (TPSA) is 31.4 Å². The van der Waals surface area contributed by atoms with Gasteiger partial charge in [0, 0.05) is 61.7 Å². The summed E-state index contributed by atoms with van der Waals surface area (Å²) < 4.78 is 0. The molecule has 4 nitrogen and oxygen atoms in total. The number of nitrogens with one attached hydrogen (secondary N) is 1. The molecule has 2 atom stereocenters. The summed E-state index contributed by atoms with van der Waals surface area (Å²) in [5.41, 5.74) is 2.51. The molecule has 2 aromatic rings. The molecule has 5 heteroatoms. The molecule has 2 aromatic heterocycles. The van der Waals surface area contributed by atoms with Gasteiger partial charge in [0.25, 0.3) is 0 Å². The lowest BCUT2D eigenvalue weighted by Gasteiger charge is -2.39. The van der Waals surface area contributed by atoms with Crippen molar-refractivity contribution in [3.63, 3.8) is 0 Å². The van der Waals surface area contributed by atoms with E-state index >= 15 is 0 Å². The lowest BCUT2D eigenvalue weighted by Crippen LogP contribution is -2.40. The number of piperidine rings is 1. The minimum atomic E-state index is 0.550. The van der Waals surface area contributed by atoms with E-state index in [2.05, 4.69) is 64.8 Å². The molecule has 0 saturated carbocycles. The van der Waals surface area contributed by atoms with Crippen LogP contribution < -0.4 is 10.2 Å². The second-order valence-corrected chi connectivity index (χ2v) is 7.85. The molecular weight excluding hydrogens is 316 g/mol. The van der Waals surface area contributed by atoms with Crippen LogP contribution in [-0.2, 0) is 6.54 Å². The van der Waals surface area contributed by atoms with E-state index in [1.54, 1.807) is 0 Å². The number of nitrogens with zero attached hydrogens (tertiary/aromatic N) is 3. The van der Waals surface area contributed by atoms with Crippen LogP contribution in [0, 0.1) is 5.92 Å². The SMILES string of the molecule is CN(C)c1ccncc1CNC[C@@H]1CCCN(C)[C@H]1c1cccs1. The van der Waals surface area contributed by atoms with Crippen molar-refractivity contribution in [2.24, 2.45) is 5.92 Å². The fourth-order valence-electron chi connectivity index (χ4n) is 3.77. The lowest BCUT2D eigenvalue weighted by atomic mass is 9.88. The van der Waals surface area contributed by atoms with Crippen molar-refractivity contribution in [1.82, 2.24) is 15.2 Å². The van der Waals surface area contributed by atoms with Gasteiger partial charge in [0.2, 0.25) is 0 Å². The van der Waals surface area contributed by atoms with Crippen LogP contribution >= 0.6 is 11.3 Å². The standard InChI is InChI=1S/C19H28N4S/c1-22(2)17-8-9-20-13-16(17)14-21-12-15-6-4-10-23(3)19(15)18-7-5-11-24-18/h5,7-9,11,13,15,19,21H,4,6,10,12,14H2,1-3H3/t15-,19+/m0/s1. The number of pyridine rings is 1. The van der Waals surface area contributed by atoms with Gasteiger partial charge in [-0.2, -0.15) is 0 Å². The van der Waals surface area contributed by atoms with E-state index in [1.807, 2.05) is 23.7 Å². The molecule has 1 saturated heterocycles. The number of hydrogen-bond donors (Lipinski definition) is 1. The van der Waals surface area contributed by atoms with Crippen molar-refractivity contribution >= 4 is 17.0 Å². The van der Waals surface area contributed by atoms with E-state index in [-0.39, 0.29) is 0 Å². The first kappa shape index (κ1) is 17.4. The van der Waals surface area contributed by atoms with Crippen molar-refractivity contribution in [1.29, 1.82) is 0 Å². The van der Waals surface area contributed by atoms with Gasteiger partial charge in [0.05, 0.1) is 0 Å². The summed E-state index contributed by atoms with van der Waals surface area (Å²) in [6, 6.07) is 7.09. The van der Waals surface area contributed by atoms with Gasteiger partial charge in [0.1, 0.15) is 0 Å². The summed E-state index contributed by atoms with van der Waals surface area (Å²) >= 11 is 1.89. The van der Waals surface area contributed by atoms with E-state index in [1.165, 1.54) is 35.5 Å². The summed E-state index contributed by atoms with van der Waals surface area (Å²) in [7, 11) is 6.44. The number of thiophene rings is 1. The average Bonchev–Trinajstić information content (AvgIpc) is 3.09. The minimum absolute atomic E-state index is 0.550. The van der Waals surface area contributed by atoms with Gasteiger partial charge < -0.3 is 10.2 Å². The van der Waals surface area contributed by atoms with E-state index in [9.17, 15) is 0 Å². The molecule has 0 radical (unpaired) electrons. The second-order valence-electron chi connectivity index (χ2n) is 6.87. The van der Waals surface area contributed by atoms with Crippen LogP contribution in [0.15, 0.2) is 36.0 Å². The molecule has 24 heavy (non-hydrogen) atoms. The molecule has 130 valence electrons. The molecule has 1 aliphatic heterocycles. The zero-order chi connectivity index (χ0) is 16.9. The highest BCUT2D eigenvalue weighted by Gasteiger charge is 2.30. The molecule has 0 bridgehead atoms. The number of anilines is 1. The van der Waals surface area contributed by atoms with Gasteiger partial charge in [0.15, 0.2) is 0 Å². The zero-order valence-corrected chi connectivity index (χ0v) is 15.7. The van der Waals surface area contributed by atoms with Gasteiger partial charge in [-0.15, -0.1) is 11.3 Å². The fourth-order valence-corrected chi connectivity index (χ4v) is 4.75. The molecule has 3 heterocycles. The summed E-state index contributed by atoms with van der Waals surface area (Å²) in [6.45, 7) is 3.12. The molecule has 1 N–H and O–H groups in total. The molecule has 0 amide bonds. The Bertz CT molecular complexity index is 626. The van der Waals surface area contributed by atoms with Gasteiger partial charge in [-0.1, -0.05) is 6.07 Å². The molecule has 1 fully saturated rings. The van der Waals surface area contributed by atoms with Crippen molar-refractivity contribution in [3.05, 3.63) is 46.4 Å². The quantitative estimate of drug-likeness (QED) is 0.870. The minimum Gasteiger partial charge on any atom is -0.377 e. The molecule has 3 rings (SSSR count). The first-order chi connectivity index (χ1) is 11.7. The predicted molar refractivity (Wildman–Crippen MR) is 103 cm³/mol. The van der Waals surface area contributed by atoms with E-state index in [4.69, 9.17) is 0 Å². The van der Waals surface area contributed by atoms with Crippen molar-refractivity contribution < 1.29 is 0 Å². The van der Waals surface area contributed by atoms with Gasteiger partial charge >= 0.3 is 0 Å². The van der Waals surface area contributed by atoms with Gasteiger partial charge in [-0.05, 0) is 49.9 Å². The summed E-state index contributed by atoms with van der Waals surface area (Å²) in [6.07, 6.45) is 6.43. The smallest absolute Gasteiger partial charge is 0.0478 e. The Morgan fingerprint density at radius 2 is 2.25 bits per heavy atom. The van der Waals surface area contributed by atoms with Gasteiger partial charge in [-0.3, -0.25) is 9.88 Å². The molecular formula is C19H28N4S. The lowest BCUT2D eigenvalue weighted by molar-refractivity contribution is 0.122. The number of hydrogen-bond acceptors (Lipinski definition) is 5. The monoisotopic (exact) mass is 344 g/mol. The molecule has 0 spiro atoms. The van der Waals surface area contributed by atoms with Crippen molar-refractivity contribution in [2.75, 3.05) is 39.1 Å². The summed E-state index contributed by atoms with van der Waals surface area (Å²) in [5.74, 6) is 0.668. The molecule has 0 unspecified atom stereocenters. The highest BCUT2D eigenvalue weighted by molar-refractivity contribution is 7.10. The predicted octanol–water partition coefficient (Wildman–Crippen LogP) is 3.38. The number of aromatic nitrogens is 1. The Morgan fingerprint density at radius 1 is 1.38 bits per heavy atom. The maximum atomic E-state index is 4.29. The normalized spacial score (nSPS) is 21.8. The molecule has 0 aromatic carbocycles. The largest absolute Gasteiger partial charge is 0.377 e. The molecule has 0 aliphatic carbocycles. The Kier molecular flexibility index (Phi) is 5.87. The van der Waals surface area contributed by atoms with E-state index < -0.39 is 0 Å². The highest BCUT2D eigenvalue weighted by Crippen LogP contribution is 2.36. The first-order valence-corrected chi connectivity index (χ1v) is 9.59. The first-order valence-electron chi connectivity index (χ1n) is 8.71. The third-order valence-corrected chi connectivity index (χ3v) is 5.87. The zero-order valence-electron chi connectivity index (χ0n) is 14.9. The maximum Gasteiger partial charge on any atom is 0.0478 e. The van der Waals surface area contributed by atoms with Crippen molar-refractivity contribution in [2.45, 2.75) is 25.4 Å². The van der Waals surface area contributed by atoms with Crippen molar-refractivity contribution in [3.8, 4) is 0 Å². The fraction of sp³-hybridized carbons (Fsp3) is 0.526. The van der Waals surface area contributed by atoms with Crippen LogP contribution in [0.4, 0.5) is 5.69 Å². The third-order valence-electron chi connectivity index (χ3n) is 4.92. The summed E-state index contributed by atoms with van der Waals surface area (Å²) in [5, 5.41) is 5.89. The number of likely N-dealkylation sites (tertiary alicyclic amines) is 1. The highest BCUT2D eigenvalue weighted by atomic mass is 32.1. The van der Waals surface area contributed by atoms with Crippen LogP contribution in [0.25, 0.3) is 0 Å². The Morgan fingerprint density at radius 3 is 3.00 bits per heavy atom. The second kappa shape index (κ2) is 8.10. The van der Waals surface area contributed by atoms with Crippen LogP contribution in [0.2, 0.25) is 0 Å². The van der Waals surface area contributed by atoms with Crippen LogP contribution in [-0.4, -0.2) is 44.1 Å². The Balaban J connectivity index is 1.63. The third kappa shape index (κ3) is 3.97. The Hall–Kier alpha value is -1.43. The average molecular weight is 345 g/mol. The maximum absolute atomic E-state index is 4.29. The van der Waals surface area contributed by atoms with E-state index in [0.717, 1.165) is 13.1 Å². The van der Waals surface area contributed by atoms with Crippen LogP contribution in [0.1, 0.15) is 29.3 Å². The van der Waals surface area contributed by atoms with E-state index in [0.29, 0.717) is 12.0 Å². The Labute approximate surface area is 149 Å². The van der Waals surface area contributed by atoms with Gasteiger partial charge in [-0.25, -0.2) is 0 Å². The number of rotatable bonds is 6. The van der Waals surface area contributed by atoms with Crippen LogP contribution in [0.5, 0.6) is 0 Å². The molecule has 1 aliphatic rings.